The Morgan fingerprint density at radius 2 is 1.09 bits per heavy atom. The summed E-state index contributed by atoms with van der Waals surface area (Å²) in [6.07, 6.45) is -0.104. The van der Waals surface area contributed by atoms with Gasteiger partial charge in [-0.05, 0) is 35.4 Å². The van der Waals surface area contributed by atoms with Crippen molar-refractivity contribution in [2.45, 2.75) is 25.9 Å². The number of carboxylic acids is 2. The van der Waals surface area contributed by atoms with Crippen LogP contribution in [0.4, 0.5) is 0 Å². The highest BCUT2D eigenvalue weighted by atomic mass is 16.5. The Bertz CT molecular complexity index is 888. The van der Waals surface area contributed by atoms with Crippen molar-refractivity contribution in [2.24, 2.45) is 0 Å². The molecular weight excluding hydrogens is 444 g/mol. The molecule has 34 heavy (non-hydrogen) atoms. The fraction of sp³-hybridized carbons (Fsp3) is 0.417. The Morgan fingerprint density at radius 3 is 1.38 bits per heavy atom. The summed E-state index contributed by atoms with van der Waals surface area (Å²) < 4.78 is 10.1. The molecule has 0 fully saturated rings. The Hall–Kier alpha value is -3.50. The number of nitrogens with zero attached hydrogens (tertiary/aromatic N) is 2. The molecule has 0 aromatic heterocycles. The van der Waals surface area contributed by atoms with Crippen LogP contribution in [0.15, 0.2) is 36.4 Å². The number of phenolic OH excluding ortho intramolecular Hbond substituents is 2. The van der Waals surface area contributed by atoms with E-state index in [1.54, 1.807) is 36.4 Å². The van der Waals surface area contributed by atoms with E-state index in [9.17, 15) is 19.8 Å². The third-order valence-electron chi connectivity index (χ3n) is 5.32. The van der Waals surface area contributed by atoms with Crippen LogP contribution in [0.25, 0.3) is 0 Å². The Labute approximate surface area is 198 Å². The maximum atomic E-state index is 11.1. The first-order valence-corrected chi connectivity index (χ1v) is 10.8. The molecule has 0 amide bonds. The normalized spacial score (nSPS) is 11.1. The fourth-order valence-corrected chi connectivity index (χ4v) is 3.51. The van der Waals surface area contributed by atoms with Crippen LogP contribution in [-0.2, 0) is 22.7 Å². The van der Waals surface area contributed by atoms with Crippen molar-refractivity contribution < 1.29 is 39.5 Å². The summed E-state index contributed by atoms with van der Waals surface area (Å²) in [6.45, 7) is 2.34. The zero-order chi connectivity index (χ0) is 25.1. The van der Waals surface area contributed by atoms with E-state index >= 15 is 0 Å². The Morgan fingerprint density at radius 1 is 0.706 bits per heavy atom. The first-order valence-electron chi connectivity index (χ1n) is 10.8. The van der Waals surface area contributed by atoms with Crippen molar-refractivity contribution in [1.82, 2.24) is 9.80 Å². The van der Waals surface area contributed by atoms with Crippen molar-refractivity contribution >= 4 is 11.9 Å². The monoisotopic (exact) mass is 476 g/mol. The van der Waals surface area contributed by atoms with Gasteiger partial charge in [-0.1, -0.05) is 12.1 Å². The second-order valence-corrected chi connectivity index (χ2v) is 7.85. The van der Waals surface area contributed by atoms with E-state index in [0.29, 0.717) is 37.7 Å². The minimum atomic E-state index is -0.918. The lowest BCUT2D eigenvalue weighted by Gasteiger charge is -2.27. The van der Waals surface area contributed by atoms with Crippen LogP contribution >= 0.6 is 0 Å². The number of carbonyl (C=O) groups is 2. The molecule has 0 heterocycles. The number of ether oxygens (including phenoxy) is 2. The van der Waals surface area contributed by atoms with Gasteiger partial charge in [0.1, 0.15) is 0 Å². The van der Waals surface area contributed by atoms with Gasteiger partial charge in [-0.15, -0.1) is 0 Å². The number of aliphatic carboxylic acids is 2. The number of rotatable bonds is 15. The van der Waals surface area contributed by atoms with Gasteiger partial charge in [-0.2, -0.15) is 0 Å². The lowest BCUT2D eigenvalue weighted by molar-refractivity contribution is -0.138. The van der Waals surface area contributed by atoms with E-state index in [-0.39, 0.29) is 37.4 Å². The van der Waals surface area contributed by atoms with Crippen LogP contribution in [0.5, 0.6) is 23.0 Å². The zero-order valence-electron chi connectivity index (χ0n) is 19.4. The smallest absolute Gasteiger partial charge is 0.304 e. The topological polar surface area (TPSA) is 140 Å². The summed E-state index contributed by atoms with van der Waals surface area (Å²) in [5.41, 5.74) is 1.58. The second-order valence-electron chi connectivity index (χ2n) is 7.85. The summed E-state index contributed by atoms with van der Waals surface area (Å²) in [5, 5.41) is 38.4. The first kappa shape index (κ1) is 26.7. The molecule has 186 valence electrons. The van der Waals surface area contributed by atoms with Crippen molar-refractivity contribution in [2.75, 3.05) is 40.4 Å². The van der Waals surface area contributed by atoms with Crippen molar-refractivity contribution in [3.05, 3.63) is 47.5 Å². The van der Waals surface area contributed by atoms with Gasteiger partial charge in [0, 0.05) is 39.3 Å². The van der Waals surface area contributed by atoms with Crippen molar-refractivity contribution in [1.29, 1.82) is 0 Å². The molecule has 10 heteroatoms. The van der Waals surface area contributed by atoms with E-state index in [4.69, 9.17) is 19.7 Å². The number of methoxy groups -OCH3 is 2. The number of aromatic hydroxyl groups is 2. The molecule has 10 nitrogen and oxygen atoms in total. The average Bonchev–Trinajstić information content (AvgIpc) is 2.79. The third kappa shape index (κ3) is 8.80. The Balaban J connectivity index is 2.11. The highest BCUT2D eigenvalue weighted by Crippen LogP contribution is 2.28. The molecule has 0 radical (unpaired) electrons. The van der Waals surface area contributed by atoms with Gasteiger partial charge in [0.2, 0.25) is 0 Å². The standard InChI is InChI=1S/C24H32N2O8/c1-33-21-5-3-17(13-19(21)27)15-25(9-7-23(29)30)11-12-26(10-8-24(31)32)16-18-4-6-22(34-2)20(28)14-18/h3-6,13-14,27-28H,7-12,15-16H2,1-2H3,(H,29,30)(H,31,32). The number of phenols is 2. The molecule has 0 saturated carbocycles. The van der Waals surface area contributed by atoms with E-state index in [1.807, 2.05) is 9.80 Å². The van der Waals surface area contributed by atoms with Gasteiger partial charge in [0.15, 0.2) is 23.0 Å². The van der Waals surface area contributed by atoms with E-state index in [0.717, 1.165) is 11.1 Å². The highest BCUT2D eigenvalue weighted by Gasteiger charge is 2.15. The molecule has 0 unspecified atom stereocenters. The molecule has 0 bridgehead atoms. The van der Waals surface area contributed by atoms with E-state index in [2.05, 4.69) is 0 Å². The summed E-state index contributed by atoms with van der Waals surface area (Å²) >= 11 is 0. The number of hydrogen-bond acceptors (Lipinski definition) is 8. The number of benzene rings is 2. The van der Waals surface area contributed by atoms with Gasteiger partial charge in [-0.3, -0.25) is 19.4 Å². The minimum Gasteiger partial charge on any atom is -0.504 e. The molecule has 2 aromatic carbocycles. The van der Waals surface area contributed by atoms with Crippen molar-refractivity contribution in [3.8, 4) is 23.0 Å². The quantitative estimate of drug-likeness (QED) is 0.303. The van der Waals surface area contributed by atoms with Crippen LogP contribution in [0.3, 0.4) is 0 Å². The maximum absolute atomic E-state index is 11.1. The molecular formula is C24H32N2O8. The largest absolute Gasteiger partial charge is 0.504 e. The first-order chi connectivity index (χ1) is 16.2. The summed E-state index contributed by atoms with van der Waals surface area (Å²) in [4.78, 5) is 26.2. The van der Waals surface area contributed by atoms with Crippen LogP contribution in [0, 0.1) is 0 Å². The van der Waals surface area contributed by atoms with E-state index < -0.39 is 11.9 Å². The maximum Gasteiger partial charge on any atom is 0.304 e. The lowest BCUT2D eigenvalue weighted by Crippen LogP contribution is -2.36. The second kappa shape index (κ2) is 13.3. The van der Waals surface area contributed by atoms with Gasteiger partial charge in [0.25, 0.3) is 0 Å². The molecule has 0 atom stereocenters. The molecule has 0 aliphatic heterocycles. The highest BCUT2D eigenvalue weighted by molar-refractivity contribution is 5.67. The van der Waals surface area contributed by atoms with Crippen molar-refractivity contribution in [3.63, 3.8) is 0 Å². The molecule has 0 aliphatic carbocycles. The average molecular weight is 477 g/mol. The SMILES string of the molecule is COc1ccc(CN(CCC(=O)O)CCN(CCC(=O)O)Cc2ccc(OC)c(O)c2)cc1O. The third-order valence-corrected chi connectivity index (χ3v) is 5.32. The van der Waals surface area contributed by atoms with Gasteiger partial charge in [0.05, 0.1) is 27.1 Å². The summed E-state index contributed by atoms with van der Waals surface area (Å²) in [6, 6.07) is 10.1. The van der Waals surface area contributed by atoms with Crippen LogP contribution in [0.2, 0.25) is 0 Å². The van der Waals surface area contributed by atoms with E-state index in [1.165, 1.54) is 14.2 Å². The summed E-state index contributed by atoms with van der Waals surface area (Å²) in [5.74, 6) is -1.13. The van der Waals surface area contributed by atoms with Crippen LogP contribution < -0.4 is 9.47 Å². The predicted octanol–water partition coefficient (Wildman–Crippen LogP) is 2.37. The molecule has 2 rings (SSSR count). The van der Waals surface area contributed by atoms with Gasteiger partial charge >= 0.3 is 11.9 Å². The van der Waals surface area contributed by atoms with Gasteiger partial charge < -0.3 is 29.9 Å². The minimum absolute atomic E-state index is 0.000540. The predicted molar refractivity (Wildman–Crippen MR) is 124 cm³/mol. The molecule has 2 aromatic rings. The van der Waals surface area contributed by atoms with Crippen LogP contribution in [0.1, 0.15) is 24.0 Å². The van der Waals surface area contributed by atoms with Gasteiger partial charge in [-0.25, -0.2) is 0 Å². The molecule has 4 N–H and O–H groups in total. The lowest BCUT2D eigenvalue weighted by atomic mass is 10.1. The van der Waals surface area contributed by atoms with Crippen LogP contribution in [-0.4, -0.2) is 82.6 Å². The molecule has 0 saturated heterocycles. The fourth-order valence-electron chi connectivity index (χ4n) is 3.51. The Kier molecular flexibility index (Phi) is 10.4. The number of hydrogen-bond donors (Lipinski definition) is 4. The summed E-state index contributed by atoms with van der Waals surface area (Å²) in [7, 11) is 2.92. The number of carboxylic acid groups (broad SMARTS) is 2. The molecule has 0 spiro atoms. The zero-order valence-corrected chi connectivity index (χ0v) is 19.4. The molecule has 0 aliphatic rings.